The molecule has 2 aromatic heterocycles. The predicted molar refractivity (Wildman–Crippen MR) is 90.5 cm³/mol. The summed E-state index contributed by atoms with van der Waals surface area (Å²) in [5.41, 5.74) is 2.51. The van der Waals surface area contributed by atoms with Crippen LogP contribution >= 0.6 is 11.3 Å². The summed E-state index contributed by atoms with van der Waals surface area (Å²) in [6, 6.07) is 14.5. The van der Waals surface area contributed by atoms with E-state index in [1.165, 1.54) is 27.9 Å². The molecule has 1 amide bonds. The number of hydrogen-bond donors (Lipinski definition) is 1. The Balaban J connectivity index is 1.46. The number of para-hydroxylation sites is 1. The van der Waals surface area contributed by atoms with Gasteiger partial charge in [-0.05, 0) is 41.8 Å². The Morgan fingerprint density at radius 3 is 2.68 bits per heavy atom. The molecule has 1 fully saturated rings. The van der Waals surface area contributed by atoms with Crippen molar-refractivity contribution < 1.29 is 4.79 Å². The van der Waals surface area contributed by atoms with Gasteiger partial charge in [0.1, 0.15) is 0 Å². The first-order valence-electron chi connectivity index (χ1n) is 7.72. The number of hydrogen-bond acceptors (Lipinski definition) is 2. The fraction of sp³-hybridized carbons (Fsp3) is 0.278. The highest BCUT2D eigenvalue weighted by atomic mass is 32.1. The first kappa shape index (κ1) is 13.6. The fourth-order valence-electron chi connectivity index (χ4n) is 3.27. The van der Waals surface area contributed by atoms with Gasteiger partial charge >= 0.3 is 0 Å². The molecule has 4 rings (SSSR count). The summed E-state index contributed by atoms with van der Waals surface area (Å²) in [7, 11) is 0. The van der Waals surface area contributed by atoms with Gasteiger partial charge in [-0.2, -0.15) is 0 Å². The highest BCUT2D eigenvalue weighted by Crippen LogP contribution is 2.30. The number of carbonyl (C=O) groups excluding carboxylic acids is 1. The number of nitrogens with zero attached hydrogens (tertiary/aromatic N) is 1. The van der Waals surface area contributed by atoms with E-state index in [4.69, 9.17) is 0 Å². The van der Waals surface area contributed by atoms with Gasteiger partial charge in [0, 0.05) is 30.2 Å². The van der Waals surface area contributed by atoms with E-state index in [0.29, 0.717) is 5.92 Å². The second-order valence-corrected chi connectivity index (χ2v) is 6.80. The average molecular weight is 310 g/mol. The monoisotopic (exact) mass is 310 g/mol. The van der Waals surface area contributed by atoms with Crippen LogP contribution in [0.3, 0.4) is 0 Å². The quantitative estimate of drug-likeness (QED) is 0.754. The molecule has 1 aliphatic rings. The summed E-state index contributed by atoms with van der Waals surface area (Å²) in [5, 5.41) is 3.24. The molecule has 1 N–H and O–H groups in total. The molecule has 0 saturated carbocycles. The molecule has 3 aromatic rings. The van der Waals surface area contributed by atoms with Gasteiger partial charge < -0.3 is 9.88 Å². The number of rotatable bonds is 2. The van der Waals surface area contributed by atoms with E-state index in [9.17, 15) is 4.79 Å². The van der Waals surface area contributed by atoms with Crippen LogP contribution in [0.2, 0.25) is 0 Å². The minimum atomic E-state index is 0.185. The van der Waals surface area contributed by atoms with Crippen molar-refractivity contribution in [1.82, 2.24) is 9.88 Å². The number of piperidine rings is 1. The Morgan fingerprint density at radius 1 is 1.14 bits per heavy atom. The van der Waals surface area contributed by atoms with Gasteiger partial charge in [0.25, 0.3) is 5.91 Å². The third-order valence-corrected chi connectivity index (χ3v) is 5.36. The third-order valence-electron chi connectivity index (χ3n) is 4.50. The molecule has 0 radical (unpaired) electrons. The second kappa shape index (κ2) is 5.61. The molecular formula is C18H18N2OS. The fourth-order valence-corrected chi connectivity index (χ4v) is 3.96. The van der Waals surface area contributed by atoms with E-state index in [1.807, 2.05) is 22.4 Å². The van der Waals surface area contributed by atoms with Crippen LogP contribution in [0.4, 0.5) is 0 Å². The van der Waals surface area contributed by atoms with Gasteiger partial charge in [-0.25, -0.2) is 0 Å². The van der Waals surface area contributed by atoms with Crippen molar-refractivity contribution in [2.75, 3.05) is 13.1 Å². The topological polar surface area (TPSA) is 36.1 Å². The lowest BCUT2D eigenvalue weighted by Gasteiger charge is -2.31. The Hall–Kier alpha value is -2.07. The molecule has 4 heteroatoms. The van der Waals surface area contributed by atoms with Crippen LogP contribution in [0.1, 0.15) is 34.1 Å². The number of H-pyrrole nitrogens is 1. The number of nitrogens with one attached hydrogen (secondary N) is 1. The maximum atomic E-state index is 12.4. The standard InChI is InChI=1S/C18H18N2OS/c21-18(17-6-3-11-22-17)20-9-7-13(8-10-20)16-12-14-4-1-2-5-15(14)19-16/h1-6,11-13,19H,7-10H2. The van der Waals surface area contributed by atoms with Crippen LogP contribution in [0, 0.1) is 0 Å². The zero-order valence-corrected chi connectivity index (χ0v) is 13.1. The van der Waals surface area contributed by atoms with Crippen LogP contribution in [0.15, 0.2) is 47.8 Å². The highest BCUT2D eigenvalue weighted by molar-refractivity contribution is 7.12. The minimum Gasteiger partial charge on any atom is -0.358 e. The molecule has 0 atom stereocenters. The summed E-state index contributed by atoms with van der Waals surface area (Å²) < 4.78 is 0. The second-order valence-electron chi connectivity index (χ2n) is 5.86. The zero-order chi connectivity index (χ0) is 14.9. The first-order chi connectivity index (χ1) is 10.8. The number of amides is 1. The molecule has 3 nitrogen and oxygen atoms in total. The molecular weight excluding hydrogens is 292 g/mol. The number of fused-ring (bicyclic) bond motifs is 1. The summed E-state index contributed by atoms with van der Waals surface area (Å²) in [6.45, 7) is 1.69. The molecule has 0 spiro atoms. The van der Waals surface area contributed by atoms with Gasteiger partial charge in [-0.3, -0.25) is 4.79 Å². The SMILES string of the molecule is O=C(c1cccs1)N1CCC(c2cc3ccccc3[nH]2)CC1. The molecule has 0 aliphatic carbocycles. The molecule has 1 aromatic carbocycles. The molecule has 112 valence electrons. The first-order valence-corrected chi connectivity index (χ1v) is 8.59. The molecule has 3 heterocycles. The Morgan fingerprint density at radius 2 is 1.95 bits per heavy atom. The van der Waals surface area contributed by atoms with Gasteiger partial charge in [0.05, 0.1) is 4.88 Å². The van der Waals surface area contributed by atoms with Gasteiger partial charge in [0.15, 0.2) is 0 Å². The molecule has 22 heavy (non-hydrogen) atoms. The number of thiophene rings is 1. The van der Waals surface area contributed by atoms with Gasteiger partial charge in [0.2, 0.25) is 0 Å². The van der Waals surface area contributed by atoms with E-state index in [2.05, 4.69) is 35.3 Å². The minimum absolute atomic E-state index is 0.185. The van der Waals surface area contributed by atoms with E-state index >= 15 is 0 Å². The van der Waals surface area contributed by atoms with E-state index in [0.717, 1.165) is 30.8 Å². The maximum Gasteiger partial charge on any atom is 0.263 e. The molecule has 0 unspecified atom stereocenters. The smallest absolute Gasteiger partial charge is 0.263 e. The van der Waals surface area contributed by atoms with Crippen molar-refractivity contribution in [2.45, 2.75) is 18.8 Å². The van der Waals surface area contributed by atoms with Crippen LogP contribution < -0.4 is 0 Å². The van der Waals surface area contributed by atoms with Crippen LogP contribution in [-0.4, -0.2) is 28.9 Å². The number of aromatic amines is 1. The summed E-state index contributed by atoms with van der Waals surface area (Å²) in [4.78, 5) is 18.8. The summed E-state index contributed by atoms with van der Waals surface area (Å²) >= 11 is 1.53. The van der Waals surface area contributed by atoms with Crippen LogP contribution in [0.25, 0.3) is 10.9 Å². The van der Waals surface area contributed by atoms with Crippen LogP contribution in [-0.2, 0) is 0 Å². The van der Waals surface area contributed by atoms with Crippen molar-refractivity contribution >= 4 is 28.1 Å². The largest absolute Gasteiger partial charge is 0.358 e. The molecule has 1 aliphatic heterocycles. The zero-order valence-electron chi connectivity index (χ0n) is 12.3. The maximum absolute atomic E-state index is 12.4. The lowest BCUT2D eigenvalue weighted by molar-refractivity contribution is 0.0717. The van der Waals surface area contributed by atoms with Gasteiger partial charge in [-0.1, -0.05) is 24.3 Å². The lowest BCUT2D eigenvalue weighted by atomic mass is 9.93. The van der Waals surface area contributed by atoms with Crippen molar-refractivity contribution in [3.63, 3.8) is 0 Å². The molecule has 1 saturated heterocycles. The van der Waals surface area contributed by atoms with Crippen molar-refractivity contribution in [2.24, 2.45) is 0 Å². The third kappa shape index (κ3) is 2.44. The van der Waals surface area contributed by atoms with E-state index in [1.54, 1.807) is 0 Å². The Kier molecular flexibility index (Phi) is 3.47. The Bertz CT molecular complexity index is 749. The number of carbonyl (C=O) groups is 1. The van der Waals surface area contributed by atoms with E-state index in [-0.39, 0.29) is 5.91 Å². The predicted octanol–water partition coefficient (Wildman–Crippen LogP) is 4.25. The van der Waals surface area contributed by atoms with Crippen molar-refractivity contribution in [3.05, 3.63) is 58.4 Å². The van der Waals surface area contributed by atoms with Crippen molar-refractivity contribution in [3.8, 4) is 0 Å². The normalized spacial score (nSPS) is 16.3. The number of likely N-dealkylation sites (tertiary alicyclic amines) is 1. The Labute approximate surface area is 133 Å². The molecule has 0 bridgehead atoms. The summed E-state index contributed by atoms with van der Waals surface area (Å²) in [5.74, 6) is 0.713. The van der Waals surface area contributed by atoms with Gasteiger partial charge in [-0.15, -0.1) is 11.3 Å². The van der Waals surface area contributed by atoms with Crippen LogP contribution in [0.5, 0.6) is 0 Å². The van der Waals surface area contributed by atoms with E-state index < -0.39 is 0 Å². The number of aromatic nitrogens is 1. The average Bonchev–Trinajstić information content (AvgIpc) is 3.23. The number of benzene rings is 1. The van der Waals surface area contributed by atoms with Crippen molar-refractivity contribution in [1.29, 1.82) is 0 Å². The highest BCUT2D eigenvalue weighted by Gasteiger charge is 2.25. The summed E-state index contributed by atoms with van der Waals surface area (Å²) in [6.07, 6.45) is 2.06. The lowest BCUT2D eigenvalue weighted by Crippen LogP contribution is -2.37.